The van der Waals surface area contributed by atoms with Gasteiger partial charge < -0.3 is 5.73 Å². The van der Waals surface area contributed by atoms with E-state index in [0.29, 0.717) is 0 Å². The van der Waals surface area contributed by atoms with Crippen LogP contribution >= 0.6 is 0 Å². The number of anilines is 1. The van der Waals surface area contributed by atoms with E-state index in [9.17, 15) is 4.79 Å². The standard InChI is InChI=1S/C10H13NO/c1-2-3-8-6-10(11)5-4-9(8)7-12/h4-7H,2-3,11H2,1H3. The quantitative estimate of drug-likeness (QED) is 0.547. The molecule has 1 aromatic rings. The first-order valence-electron chi connectivity index (χ1n) is 4.11. The molecular formula is C10H13NO. The minimum absolute atomic E-state index is 0.726. The molecule has 1 aromatic carbocycles. The zero-order chi connectivity index (χ0) is 8.97. The molecule has 0 aliphatic heterocycles. The lowest BCUT2D eigenvalue weighted by Gasteiger charge is -2.03. The monoisotopic (exact) mass is 163 g/mol. The van der Waals surface area contributed by atoms with Crippen molar-refractivity contribution < 1.29 is 4.79 Å². The van der Waals surface area contributed by atoms with E-state index in [4.69, 9.17) is 5.73 Å². The van der Waals surface area contributed by atoms with Crippen LogP contribution in [-0.2, 0) is 6.42 Å². The van der Waals surface area contributed by atoms with Crippen molar-refractivity contribution in [2.45, 2.75) is 19.8 Å². The van der Waals surface area contributed by atoms with Crippen molar-refractivity contribution in [1.29, 1.82) is 0 Å². The largest absolute Gasteiger partial charge is 0.399 e. The number of nitrogen functional groups attached to an aromatic ring is 1. The number of hydrogen-bond donors (Lipinski definition) is 1. The van der Waals surface area contributed by atoms with E-state index < -0.39 is 0 Å². The van der Waals surface area contributed by atoms with Crippen LogP contribution in [0.1, 0.15) is 29.3 Å². The van der Waals surface area contributed by atoms with Crippen LogP contribution < -0.4 is 5.73 Å². The first-order valence-corrected chi connectivity index (χ1v) is 4.11. The van der Waals surface area contributed by atoms with Crippen LogP contribution in [-0.4, -0.2) is 6.29 Å². The predicted octanol–water partition coefficient (Wildman–Crippen LogP) is 2.03. The molecule has 0 unspecified atom stereocenters. The zero-order valence-corrected chi connectivity index (χ0v) is 7.21. The third-order valence-corrected chi connectivity index (χ3v) is 1.81. The lowest BCUT2D eigenvalue weighted by atomic mass is 10.0. The van der Waals surface area contributed by atoms with E-state index in [1.807, 2.05) is 6.07 Å². The van der Waals surface area contributed by atoms with Crippen molar-refractivity contribution in [1.82, 2.24) is 0 Å². The average molecular weight is 163 g/mol. The van der Waals surface area contributed by atoms with Gasteiger partial charge in [-0.3, -0.25) is 4.79 Å². The Labute approximate surface area is 72.4 Å². The minimum atomic E-state index is 0.726. The van der Waals surface area contributed by atoms with Gasteiger partial charge in [-0.05, 0) is 30.2 Å². The van der Waals surface area contributed by atoms with Gasteiger partial charge in [0.05, 0.1) is 0 Å². The van der Waals surface area contributed by atoms with Crippen molar-refractivity contribution >= 4 is 12.0 Å². The van der Waals surface area contributed by atoms with E-state index in [-0.39, 0.29) is 0 Å². The SMILES string of the molecule is CCCc1cc(N)ccc1C=O. The van der Waals surface area contributed by atoms with Crippen molar-refractivity contribution in [3.05, 3.63) is 29.3 Å². The summed E-state index contributed by atoms with van der Waals surface area (Å²) in [5.74, 6) is 0. The van der Waals surface area contributed by atoms with Gasteiger partial charge in [0.25, 0.3) is 0 Å². The number of aryl methyl sites for hydroxylation is 1. The molecule has 1 rings (SSSR count). The second-order valence-electron chi connectivity index (χ2n) is 2.83. The Morgan fingerprint density at radius 3 is 2.83 bits per heavy atom. The third kappa shape index (κ3) is 1.84. The van der Waals surface area contributed by atoms with E-state index in [2.05, 4.69) is 6.92 Å². The van der Waals surface area contributed by atoms with Gasteiger partial charge in [-0.2, -0.15) is 0 Å². The number of rotatable bonds is 3. The summed E-state index contributed by atoms with van der Waals surface area (Å²) in [5, 5.41) is 0. The summed E-state index contributed by atoms with van der Waals surface area (Å²) in [5.41, 5.74) is 8.13. The normalized spacial score (nSPS) is 9.75. The highest BCUT2D eigenvalue weighted by molar-refractivity contribution is 5.78. The van der Waals surface area contributed by atoms with Crippen LogP contribution in [0.3, 0.4) is 0 Å². The van der Waals surface area contributed by atoms with Crippen LogP contribution in [0.15, 0.2) is 18.2 Å². The molecule has 0 fully saturated rings. The molecule has 0 aliphatic carbocycles. The second kappa shape index (κ2) is 3.90. The molecule has 2 nitrogen and oxygen atoms in total. The molecule has 0 saturated carbocycles. The molecule has 12 heavy (non-hydrogen) atoms. The first-order chi connectivity index (χ1) is 5.77. The van der Waals surface area contributed by atoms with Crippen LogP contribution in [0, 0.1) is 0 Å². The lowest BCUT2D eigenvalue weighted by Crippen LogP contribution is -1.94. The molecular weight excluding hydrogens is 150 g/mol. The van der Waals surface area contributed by atoms with Crippen LogP contribution in [0.25, 0.3) is 0 Å². The second-order valence-corrected chi connectivity index (χ2v) is 2.83. The van der Waals surface area contributed by atoms with Gasteiger partial charge in [-0.25, -0.2) is 0 Å². The van der Waals surface area contributed by atoms with Crippen molar-refractivity contribution in [3.63, 3.8) is 0 Å². The van der Waals surface area contributed by atoms with Crippen molar-refractivity contribution in [3.8, 4) is 0 Å². The maximum absolute atomic E-state index is 10.6. The molecule has 0 spiro atoms. The Morgan fingerprint density at radius 1 is 1.50 bits per heavy atom. The number of hydrogen-bond acceptors (Lipinski definition) is 2. The maximum atomic E-state index is 10.6. The molecule has 0 radical (unpaired) electrons. The van der Waals surface area contributed by atoms with Gasteiger partial charge >= 0.3 is 0 Å². The fourth-order valence-electron chi connectivity index (χ4n) is 1.23. The Balaban J connectivity index is 3.03. The number of benzene rings is 1. The summed E-state index contributed by atoms with van der Waals surface area (Å²) in [4.78, 5) is 10.6. The molecule has 0 aromatic heterocycles. The topological polar surface area (TPSA) is 43.1 Å². The fourth-order valence-corrected chi connectivity index (χ4v) is 1.23. The average Bonchev–Trinajstić information content (AvgIpc) is 2.05. The summed E-state index contributed by atoms with van der Waals surface area (Å²) < 4.78 is 0. The molecule has 0 saturated heterocycles. The van der Waals surface area contributed by atoms with Gasteiger partial charge in [0.2, 0.25) is 0 Å². The third-order valence-electron chi connectivity index (χ3n) is 1.81. The van der Waals surface area contributed by atoms with E-state index >= 15 is 0 Å². The zero-order valence-electron chi connectivity index (χ0n) is 7.21. The molecule has 0 bridgehead atoms. The van der Waals surface area contributed by atoms with Crippen molar-refractivity contribution in [2.75, 3.05) is 5.73 Å². The minimum Gasteiger partial charge on any atom is -0.399 e. The Kier molecular flexibility index (Phi) is 2.86. The molecule has 0 amide bonds. The highest BCUT2D eigenvalue weighted by Crippen LogP contribution is 2.13. The van der Waals surface area contributed by atoms with Crippen LogP contribution in [0.4, 0.5) is 5.69 Å². The number of carbonyl (C=O) groups excluding carboxylic acids is 1. The maximum Gasteiger partial charge on any atom is 0.150 e. The van der Waals surface area contributed by atoms with Crippen LogP contribution in [0.5, 0.6) is 0 Å². The number of aldehydes is 1. The molecule has 0 heterocycles. The number of nitrogens with two attached hydrogens (primary N) is 1. The van der Waals surface area contributed by atoms with Crippen molar-refractivity contribution in [2.24, 2.45) is 0 Å². The molecule has 2 N–H and O–H groups in total. The molecule has 0 aliphatic rings. The Hall–Kier alpha value is -1.31. The summed E-state index contributed by atoms with van der Waals surface area (Å²) in [6.45, 7) is 2.08. The number of carbonyl (C=O) groups is 1. The lowest BCUT2D eigenvalue weighted by molar-refractivity contribution is 0.112. The molecule has 2 heteroatoms. The smallest absolute Gasteiger partial charge is 0.150 e. The van der Waals surface area contributed by atoms with Gasteiger partial charge in [0, 0.05) is 11.3 Å². The fraction of sp³-hybridized carbons (Fsp3) is 0.300. The van der Waals surface area contributed by atoms with E-state index in [1.165, 1.54) is 0 Å². The Morgan fingerprint density at radius 2 is 2.25 bits per heavy atom. The molecule has 0 atom stereocenters. The summed E-state index contributed by atoms with van der Waals surface area (Å²) in [6.07, 6.45) is 2.83. The highest BCUT2D eigenvalue weighted by Gasteiger charge is 1.99. The van der Waals surface area contributed by atoms with Gasteiger partial charge in [0.1, 0.15) is 6.29 Å². The van der Waals surface area contributed by atoms with E-state index in [0.717, 1.165) is 35.9 Å². The van der Waals surface area contributed by atoms with Gasteiger partial charge in [-0.1, -0.05) is 13.3 Å². The van der Waals surface area contributed by atoms with Crippen LogP contribution in [0.2, 0.25) is 0 Å². The predicted molar refractivity (Wildman–Crippen MR) is 50.2 cm³/mol. The van der Waals surface area contributed by atoms with E-state index in [1.54, 1.807) is 12.1 Å². The summed E-state index contributed by atoms with van der Waals surface area (Å²) in [6, 6.07) is 5.39. The van der Waals surface area contributed by atoms with Gasteiger partial charge in [-0.15, -0.1) is 0 Å². The molecule has 64 valence electrons. The summed E-state index contributed by atoms with van der Waals surface area (Å²) >= 11 is 0. The summed E-state index contributed by atoms with van der Waals surface area (Å²) in [7, 11) is 0. The highest BCUT2D eigenvalue weighted by atomic mass is 16.1. The first kappa shape index (κ1) is 8.78. The Bertz CT molecular complexity index is 281. The van der Waals surface area contributed by atoms with Gasteiger partial charge in [0.15, 0.2) is 0 Å².